The Morgan fingerprint density at radius 3 is 2.70 bits per heavy atom. The maximum Gasteiger partial charge on any atom is 0.254 e. The van der Waals surface area contributed by atoms with Crippen molar-refractivity contribution in [1.29, 1.82) is 0 Å². The van der Waals surface area contributed by atoms with Crippen molar-refractivity contribution < 1.29 is 4.79 Å². The van der Waals surface area contributed by atoms with Crippen molar-refractivity contribution in [3.63, 3.8) is 0 Å². The van der Waals surface area contributed by atoms with Crippen molar-refractivity contribution in [2.24, 2.45) is 5.41 Å². The quantitative estimate of drug-likeness (QED) is 0.882. The summed E-state index contributed by atoms with van der Waals surface area (Å²) in [5, 5.41) is 8.84. The van der Waals surface area contributed by atoms with E-state index in [9.17, 15) is 4.79 Å². The average molecular weight is 370 g/mol. The monoisotopic (exact) mass is 369 g/mol. The Balaban J connectivity index is 1.61. The molecule has 1 spiro atoms. The molecular weight excluding hydrogens is 338 g/mol. The molecule has 2 fully saturated rings. The van der Waals surface area contributed by atoms with Crippen molar-refractivity contribution in [2.45, 2.75) is 58.9 Å². The number of piperidine rings is 1. The van der Waals surface area contributed by atoms with Crippen LogP contribution in [0.2, 0.25) is 0 Å². The summed E-state index contributed by atoms with van der Waals surface area (Å²) in [4.78, 5) is 20.1. The van der Waals surface area contributed by atoms with Gasteiger partial charge in [0.05, 0.1) is 17.1 Å². The van der Waals surface area contributed by atoms with Gasteiger partial charge in [-0.3, -0.25) is 4.79 Å². The van der Waals surface area contributed by atoms with Gasteiger partial charge in [0.25, 0.3) is 5.91 Å². The van der Waals surface area contributed by atoms with Gasteiger partial charge >= 0.3 is 0 Å². The third-order valence-electron chi connectivity index (χ3n) is 6.41. The zero-order chi connectivity index (χ0) is 19.0. The molecule has 27 heavy (non-hydrogen) atoms. The minimum Gasteiger partial charge on any atom is -0.339 e. The molecule has 6 nitrogen and oxygen atoms in total. The molecule has 0 saturated carbocycles. The second kappa shape index (κ2) is 7.23. The van der Waals surface area contributed by atoms with Gasteiger partial charge in [-0.05, 0) is 77.4 Å². The fourth-order valence-electron chi connectivity index (χ4n) is 4.78. The molecule has 4 heterocycles. The topological polar surface area (TPSA) is 63.1 Å². The molecule has 0 unspecified atom stereocenters. The number of aryl methyl sites for hydroxylation is 1. The van der Waals surface area contributed by atoms with Crippen LogP contribution < -0.4 is 5.32 Å². The van der Waals surface area contributed by atoms with Gasteiger partial charge in [0, 0.05) is 24.8 Å². The van der Waals surface area contributed by atoms with Crippen LogP contribution in [0.25, 0.3) is 11.0 Å². The number of rotatable bonds is 2. The molecule has 2 aliphatic heterocycles. The van der Waals surface area contributed by atoms with E-state index in [0.717, 1.165) is 61.3 Å². The summed E-state index contributed by atoms with van der Waals surface area (Å²) in [5.74, 6) is 0.139. The van der Waals surface area contributed by atoms with Crippen LogP contribution in [0, 0.1) is 12.3 Å². The molecule has 0 atom stereocenters. The highest BCUT2D eigenvalue weighted by molar-refractivity contribution is 6.05. The van der Waals surface area contributed by atoms with E-state index in [2.05, 4.69) is 34.1 Å². The smallest absolute Gasteiger partial charge is 0.254 e. The second-order valence-corrected chi connectivity index (χ2v) is 8.63. The molecule has 6 heteroatoms. The summed E-state index contributed by atoms with van der Waals surface area (Å²) >= 11 is 0. The normalized spacial score (nSPS) is 20.4. The lowest BCUT2D eigenvalue weighted by atomic mass is 9.73. The summed E-state index contributed by atoms with van der Waals surface area (Å²) in [5.41, 5.74) is 2.88. The molecule has 4 rings (SSSR count). The van der Waals surface area contributed by atoms with E-state index in [1.54, 1.807) is 6.20 Å². The number of likely N-dealkylation sites (tertiary alicyclic amines) is 1. The molecular formula is C21H31N5O. The third kappa shape index (κ3) is 3.47. The molecule has 0 aliphatic carbocycles. The first kappa shape index (κ1) is 18.4. The SMILES string of the molecule is Cc1cc(C(=O)N2CCCC3(CCNCC3)CC2)c2cnn(C(C)C)c2n1. The molecule has 2 aromatic heterocycles. The molecule has 0 bridgehead atoms. The van der Waals surface area contributed by atoms with Gasteiger partial charge in [0.2, 0.25) is 0 Å². The summed E-state index contributed by atoms with van der Waals surface area (Å²) in [6, 6.07) is 2.15. The third-order valence-corrected chi connectivity index (χ3v) is 6.41. The molecule has 1 N–H and O–H groups in total. The predicted octanol–water partition coefficient (Wildman–Crippen LogP) is 3.32. The second-order valence-electron chi connectivity index (χ2n) is 8.63. The van der Waals surface area contributed by atoms with Gasteiger partial charge in [-0.1, -0.05) is 0 Å². The average Bonchev–Trinajstić information content (AvgIpc) is 2.98. The Bertz CT molecular complexity index is 834. The summed E-state index contributed by atoms with van der Waals surface area (Å²) < 4.78 is 1.91. The number of fused-ring (bicyclic) bond motifs is 1. The molecule has 2 saturated heterocycles. The zero-order valence-corrected chi connectivity index (χ0v) is 16.8. The highest BCUT2D eigenvalue weighted by Crippen LogP contribution is 2.39. The van der Waals surface area contributed by atoms with E-state index in [0.29, 0.717) is 5.41 Å². The first-order valence-electron chi connectivity index (χ1n) is 10.3. The van der Waals surface area contributed by atoms with Crippen LogP contribution in [0.15, 0.2) is 12.3 Å². The molecule has 0 aromatic carbocycles. The van der Waals surface area contributed by atoms with Gasteiger partial charge in [-0.25, -0.2) is 9.67 Å². The number of nitrogens with zero attached hydrogens (tertiary/aromatic N) is 4. The van der Waals surface area contributed by atoms with E-state index in [1.165, 1.54) is 19.3 Å². The van der Waals surface area contributed by atoms with Crippen LogP contribution in [-0.2, 0) is 0 Å². The number of pyridine rings is 1. The summed E-state index contributed by atoms with van der Waals surface area (Å²) in [6.07, 6.45) is 7.77. The van der Waals surface area contributed by atoms with Crippen molar-refractivity contribution in [1.82, 2.24) is 25.0 Å². The van der Waals surface area contributed by atoms with Crippen LogP contribution in [0.3, 0.4) is 0 Å². The van der Waals surface area contributed by atoms with E-state index < -0.39 is 0 Å². The lowest BCUT2D eigenvalue weighted by Crippen LogP contribution is -2.38. The minimum atomic E-state index is 0.139. The van der Waals surface area contributed by atoms with Crippen molar-refractivity contribution >= 4 is 16.9 Å². The lowest BCUT2D eigenvalue weighted by Gasteiger charge is -2.37. The van der Waals surface area contributed by atoms with Crippen LogP contribution >= 0.6 is 0 Å². The van der Waals surface area contributed by atoms with Gasteiger partial charge in [0.15, 0.2) is 5.65 Å². The molecule has 0 radical (unpaired) electrons. The van der Waals surface area contributed by atoms with Gasteiger partial charge in [-0.2, -0.15) is 5.10 Å². The molecule has 146 valence electrons. The maximum absolute atomic E-state index is 13.4. The number of carbonyl (C=O) groups excluding carboxylic acids is 1. The van der Waals surface area contributed by atoms with E-state index in [4.69, 9.17) is 0 Å². The van der Waals surface area contributed by atoms with Crippen molar-refractivity contribution in [2.75, 3.05) is 26.2 Å². The van der Waals surface area contributed by atoms with E-state index in [-0.39, 0.29) is 11.9 Å². The predicted molar refractivity (Wildman–Crippen MR) is 107 cm³/mol. The Hall–Kier alpha value is -1.95. The first-order valence-corrected chi connectivity index (χ1v) is 10.3. The molecule has 2 aromatic rings. The number of aromatic nitrogens is 3. The molecule has 1 amide bonds. The summed E-state index contributed by atoms with van der Waals surface area (Å²) in [6.45, 7) is 10.1. The Morgan fingerprint density at radius 2 is 1.96 bits per heavy atom. The number of hydrogen-bond acceptors (Lipinski definition) is 4. The van der Waals surface area contributed by atoms with Crippen LogP contribution in [0.1, 0.15) is 68.0 Å². The van der Waals surface area contributed by atoms with Gasteiger partial charge in [-0.15, -0.1) is 0 Å². The van der Waals surface area contributed by atoms with Gasteiger partial charge in [0.1, 0.15) is 0 Å². The number of amides is 1. The van der Waals surface area contributed by atoms with Crippen LogP contribution in [0.4, 0.5) is 0 Å². The highest BCUT2D eigenvalue weighted by Gasteiger charge is 2.35. The first-order chi connectivity index (χ1) is 13.0. The number of carbonyl (C=O) groups is 1. The fraction of sp³-hybridized carbons (Fsp3) is 0.667. The molecule has 2 aliphatic rings. The van der Waals surface area contributed by atoms with Gasteiger partial charge < -0.3 is 10.2 Å². The Labute approximate surface area is 161 Å². The number of nitrogens with one attached hydrogen (secondary N) is 1. The van der Waals surface area contributed by atoms with Crippen LogP contribution in [0.5, 0.6) is 0 Å². The minimum absolute atomic E-state index is 0.139. The highest BCUT2D eigenvalue weighted by atomic mass is 16.2. The summed E-state index contributed by atoms with van der Waals surface area (Å²) in [7, 11) is 0. The number of hydrogen-bond donors (Lipinski definition) is 1. The van der Waals surface area contributed by atoms with E-state index in [1.807, 2.05) is 17.7 Å². The standard InChI is InChI=1S/C21H31N5O/c1-15(2)26-19-18(14-23-26)17(13-16(3)24-19)20(27)25-11-4-5-21(8-12-25)6-9-22-10-7-21/h13-15,22H,4-12H2,1-3H3. The fourth-order valence-corrected chi connectivity index (χ4v) is 4.78. The van der Waals surface area contributed by atoms with Crippen molar-refractivity contribution in [3.8, 4) is 0 Å². The van der Waals surface area contributed by atoms with E-state index >= 15 is 0 Å². The Morgan fingerprint density at radius 1 is 1.19 bits per heavy atom. The van der Waals surface area contributed by atoms with Crippen LogP contribution in [-0.4, -0.2) is 51.8 Å². The Kier molecular flexibility index (Phi) is 4.93. The maximum atomic E-state index is 13.4. The van der Waals surface area contributed by atoms with Crippen molar-refractivity contribution in [3.05, 3.63) is 23.5 Å². The largest absolute Gasteiger partial charge is 0.339 e. The zero-order valence-electron chi connectivity index (χ0n) is 16.8. The lowest BCUT2D eigenvalue weighted by molar-refractivity contribution is 0.0752.